The van der Waals surface area contributed by atoms with Gasteiger partial charge in [-0.2, -0.15) is 0 Å². The number of ketones is 1. The minimum absolute atomic E-state index is 0.0169. The fraction of sp³-hybridized carbons (Fsp3) is 0.529. The van der Waals surface area contributed by atoms with Gasteiger partial charge in [-0.05, 0) is 74.9 Å². The zero-order chi connectivity index (χ0) is 28.1. The Morgan fingerprint density at radius 2 is 1.15 bits per heavy atom. The number of allylic oxidation sites excluding steroid dienone is 2. The molecule has 0 aliphatic heterocycles. The van der Waals surface area contributed by atoms with Gasteiger partial charge < -0.3 is 14.8 Å². The van der Waals surface area contributed by atoms with Crippen molar-refractivity contribution >= 4 is 17.4 Å². The van der Waals surface area contributed by atoms with Crippen molar-refractivity contribution in [3.63, 3.8) is 0 Å². The summed E-state index contributed by atoms with van der Waals surface area (Å²) in [5.41, 5.74) is 2.03. The Bertz CT molecular complexity index is 979. The topological polar surface area (TPSA) is 64.6 Å². The lowest BCUT2D eigenvalue weighted by Gasteiger charge is -2.09. The van der Waals surface area contributed by atoms with E-state index >= 15 is 0 Å². The lowest BCUT2D eigenvalue weighted by Crippen LogP contribution is -2.08. The average Bonchev–Trinajstić information content (AvgIpc) is 2.92. The van der Waals surface area contributed by atoms with Crippen molar-refractivity contribution in [2.75, 3.05) is 11.9 Å². The molecule has 0 radical (unpaired) electrons. The Morgan fingerprint density at radius 3 is 1.67 bits per heavy atom. The summed E-state index contributed by atoms with van der Waals surface area (Å²) in [6, 6.07) is 14.1. The molecule has 0 bridgehead atoms. The first-order valence-corrected chi connectivity index (χ1v) is 15.0. The van der Waals surface area contributed by atoms with Crippen LogP contribution in [0, 0.1) is 0 Å². The van der Waals surface area contributed by atoms with Gasteiger partial charge in [-0.15, -0.1) is 0 Å². The lowest BCUT2D eigenvalue weighted by atomic mass is 10.0. The van der Waals surface area contributed by atoms with Gasteiger partial charge in [0.15, 0.2) is 5.78 Å². The van der Waals surface area contributed by atoms with E-state index in [0.29, 0.717) is 17.9 Å². The highest BCUT2D eigenvalue weighted by molar-refractivity contribution is 5.91. The molecule has 214 valence electrons. The molecule has 1 N–H and O–H groups in total. The monoisotopic (exact) mass is 535 g/mol. The summed E-state index contributed by atoms with van der Waals surface area (Å²) >= 11 is 0. The highest BCUT2D eigenvalue weighted by Gasteiger charge is 2.09. The van der Waals surface area contributed by atoms with Crippen LogP contribution in [0.15, 0.2) is 60.3 Å². The van der Waals surface area contributed by atoms with Gasteiger partial charge in [-0.3, -0.25) is 4.79 Å². The van der Waals surface area contributed by atoms with Crippen LogP contribution in [0.4, 0.5) is 5.69 Å². The van der Waals surface area contributed by atoms with Gasteiger partial charge in [0, 0.05) is 11.4 Å². The van der Waals surface area contributed by atoms with Crippen molar-refractivity contribution in [2.45, 2.75) is 111 Å². The van der Waals surface area contributed by atoms with Gasteiger partial charge >= 0.3 is 5.97 Å². The molecule has 5 heteroatoms. The number of carbonyl (C=O) groups excluding carboxylic acids is 2. The molecule has 0 fully saturated rings. The Kier molecular flexibility index (Phi) is 16.4. The molecule has 5 nitrogen and oxygen atoms in total. The van der Waals surface area contributed by atoms with E-state index in [1.165, 1.54) is 96.5 Å². The standard InChI is InChI=1S/C34H49NO4/c1-4-5-6-7-8-9-10-11-12-13-14-15-16-17-26-38-32-22-18-30(19-23-32)34(37)39-33-24-20-31(21-25-33)35-28(2)27-29(3)36/h18-25,27,35H,4-17,26H2,1-3H3/b28-27-. The summed E-state index contributed by atoms with van der Waals surface area (Å²) in [5.74, 6) is 0.793. The molecule has 0 aromatic heterocycles. The maximum atomic E-state index is 12.5. The van der Waals surface area contributed by atoms with Crippen molar-refractivity contribution in [3.05, 3.63) is 65.9 Å². The van der Waals surface area contributed by atoms with Crippen LogP contribution < -0.4 is 14.8 Å². The summed E-state index contributed by atoms with van der Waals surface area (Å²) in [7, 11) is 0. The van der Waals surface area contributed by atoms with Crippen LogP contribution >= 0.6 is 0 Å². The van der Waals surface area contributed by atoms with Crippen LogP contribution in [0.1, 0.15) is 121 Å². The fourth-order valence-corrected chi connectivity index (χ4v) is 4.51. The molecule has 0 saturated heterocycles. The first-order chi connectivity index (χ1) is 19.0. The number of rotatable bonds is 21. The molecule has 0 heterocycles. The van der Waals surface area contributed by atoms with Crippen LogP contribution in [0.3, 0.4) is 0 Å². The first kappa shape index (κ1) is 32.1. The third-order valence-electron chi connectivity index (χ3n) is 6.68. The number of hydrogen-bond donors (Lipinski definition) is 1. The summed E-state index contributed by atoms with van der Waals surface area (Å²) in [6.45, 7) is 6.30. The number of ether oxygens (including phenoxy) is 2. The Labute approximate surface area is 236 Å². The zero-order valence-electron chi connectivity index (χ0n) is 24.4. The van der Waals surface area contributed by atoms with Crippen LogP contribution in [-0.4, -0.2) is 18.4 Å². The third kappa shape index (κ3) is 15.2. The molecule has 2 aromatic rings. The maximum Gasteiger partial charge on any atom is 0.343 e. The van der Waals surface area contributed by atoms with E-state index in [-0.39, 0.29) is 5.78 Å². The second kappa shape index (κ2) is 19.9. The highest BCUT2D eigenvalue weighted by Crippen LogP contribution is 2.20. The van der Waals surface area contributed by atoms with E-state index < -0.39 is 5.97 Å². The smallest absolute Gasteiger partial charge is 0.343 e. The van der Waals surface area contributed by atoms with Crippen molar-refractivity contribution in [1.29, 1.82) is 0 Å². The van der Waals surface area contributed by atoms with E-state index in [1.54, 1.807) is 36.4 Å². The van der Waals surface area contributed by atoms with Gasteiger partial charge in [-0.25, -0.2) is 4.79 Å². The quantitative estimate of drug-likeness (QED) is 0.0746. The van der Waals surface area contributed by atoms with Crippen LogP contribution in [-0.2, 0) is 4.79 Å². The van der Waals surface area contributed by atoms with Crippen LogP contribution in [0.25, 0.3) is 0 Å². The van der Waals surface area contributed by atoms with E-state index in [2.05, 4.69) is 12.2 Å². The SMILES string of the molecule is CCCCCCCCCCCCCCCCOc1ccc(C(=O)Oc2ccc(N/C(C)=C\C(C)=O)cc2)cc1. The number of esters is 1. The Hall–Kier alpha value is -3.08. The summed E-state index contributed by atoms with van der Waals surface area (Å²) < 4.78 is 11.3. The van der Waals surface area contributed by atoms with E-state index in [9.17, 15) is 9.59 Å². The summed E-state index contributed by atoms with van der Waals surface area (Å²) in [6.07, 6.45) is 20.3. The van der Waals surface area contributed by atoms with Crippen molar-refractivity contribution in [1.82, 2.24) is 0 Å². The number of anilines is 1. The summed E-state index contributed by atoms with van der Waals surface area (Å²) in [5, 5.41) is 3.13. The number of hydrogen-bond acceptors (Lipinski definition) is 5. The minimum Gasteiger partial charge on any atom is -0.494 e. The molecule has 0 amide bonds. The van der Waals surface area contributed by atoms with Gasteiger partial charge in [0.25, 0.3) is 0 Å². The Balaban J connectivity index is 1.54. The van der Waals surface area contributed by atoms with E-state index in [4.69, 9.17) is 9.47 Å². The average molecular weight is 536 g/mol. The van der Waals surface area contributed by atoms with E-state index in [0.717, 1.165) is 23.6 Å². The number of carbonyl (C=O) groups is 2. The molecule has 39 heavy (non-hydrogen) atoms. The zero-order valence-corrected chi connectivity index (χ0v) is 24.4. The first-order valence-electron chi connectivity index (χ1n) is 15.0. The molecule has 2 rings (SSSR count). The molecule has 0 atom stereocenters. The lowest BCUT2D eigenvalue weighted by molar-refractivity contribution is -0.112. The molecule has 2 aromatic carbocycles. The van der Waals surface area contributed by atoms with Crippen LogP contribution in [0.5, 0.6) is 11.5 Å². The number of nitrogens with one attached hydrogen (secondary N) is 1. The van der Waals surface area contributed by atoms with Gasteiger partial charge in [0.05, 0.1) is 12.2 Å². The highest BCUT2D eigenvalue weighted by atomic mass is 16.5. The van der Waals surface area contributed by atoms with Gasteiger partial charge in [-0.1, -0.05) is 90.4 Å². The fourth-order valence-electron chi connectivity index (χ4n) is 4.51. The minimum atomic E-state index is -0.415. The van der Waals surface area contributed by atoms with Crippen molar-refractivity contribution < 1.29 is 19.1 Å². The molecule has 0 aliphatic rings. The predicted molar refractivity (Wildman–Crippen MR) is 162 cm³/mol. The van der Waals surface area contributed by atoms with Crippen LogP contribution in [0.2, 0.25) is 0 Å². The van der Waals surface area contributed by atoms with Gasteiger partial charge in [0.2, 0.25) is 0 Å². The molecule has 0 spiro atoms. The van der Waals surface area contributed by atoms with E-state index in [1.807, 2.05) is 19.1 Å². The largest absolute Gasteiger partial charge is 0.494 e. The molecular weight excluding hydrogens is 486 g/mol. The molecule has 0 aliphatic carbocycles. The number of unbranched alkanes of at least 4 members (excludes halogenated alkanes) is 13. The third-order valence-corrected chi connectivity index (χ3v) is 6.68. The van der Waals surface area contributed by atoms with Gasteiger partial charge in [0.1, 0.15) is 11.5 Å². The normalized spacial score (nSPS) is 11.3. The summed E-state index contributed by atoms with van der Waals surface area (Å²) in [4.78, 5) is 23.7. The predicted octanol–water partition coefficient (Wildman–Crippen LogP) is 9.67. The number of benzene rings is 2. The second-order valence-corrected chi connectivity index (χ2v) is 10.4. The molecule has 0 unspecified atom stereocenters. The molecule has 0 saturated carbocycles. The Morgan fingerprint density at radius 1 is 0.667 bits per heavy atom. The maximum absolute atomic E-state index is 12.5. The van der Waals surface area contributed by atoms with Crippen molar-refractivity contribution in [3.8, 4) is 11.5 Å². The molecular formula is C34H49NO4. The second-order valence-electron chi connectivity index (χ2n) is 10.4. The van der Waals surface area contributed by atoms with Crippen molar-refractivity contribution in [2.24, 2.45) is 0 Å².